The lowest BCUT2D eigenvalue weighted by molar-refractivity contribution is 0.662. The molecule has 65 heavy (non-hydrogen) atoms. The van der Waals surface area contributed by atoms with Crippen LogP contribution in [0.15, 0.2) is 209 Å². The Morgan fingerprint density at radius 1 is 0.323 bits per heavy atom. The van der Waals surface area contributed by atoms with E-state index in [0.717, 1.165) is 82.8 Å². The molecular formula is C60H39N3O2. The van der Waals surface area contributed by atoms with Crippen LogP contribution in [0.1, 0.15) is 25.0 Å². The first-order chi connectivity index (χ1) is 31.9. The third kappa shape index (κ3) is 5.97. The Bertz CT molecular complexity index is 3880. The van der Waals surface area contributed by atoms with E-state index in [2.05, 4.69) is 166 Å². The highest BCUT2D eigenvalue weighted by molar-refractivity contribution is 6.13. The van der Waals surface area contributed by atoms with Gasteiger partial charge in [-0.05, 0) is 110 Å². The van der Waals surface area contributed by atoms with Crippen molar-refractivity contribution in [2.24, 2.45) is 0 Å². The molecule has 0 atom stereocenters. The molecule has 9 aromatic carbocycles. The molecule has 3 aromatic heterocycles. The molecule has 0 unspecified atom stereocenters. The molecule has 5 heteroatoms. The molecule has 12 aromatic rings. The summed E-state index contributed by atoms with van der Waals surface area (Å²) in [7, 11) is 0. The summed E-state index contributed by atoms with van der Waals surface area (Å²) in [6, 6.07) is 70.2. The second-order valence-corrected chi connectivity index (χ2v) is 17.5. The van der Waals surface area contributed by atoms with Crippen LogP contribution in [0.25, 0.3) is 123 Å². The van der Waals surface area contributed by atoms with Crippen molar-refractivity contribution in [3.05, 3.63) is 211 Å². The largest absolute Gasteiger partial charge is 0.456 e. The zero-order valence-corrected chi connectivity index (χ0v) is 35.7. The first-order valence-electron chi connectivity index (χ1n) is 22.1. The van der Waals surface area contributed by atoms with E-state index >= 15 is 0 Å². The van der Waals surface area contributed by atoms with Gasteiger partial charge < -0.3 is 8.83 Å². The molecule has 5 nitrogen and oxygen atoms in total. The summed E-state index contributed by atoms with van der Waals surface area (Å²) in [4.78, 5) is 15.7. The van der Waals surface area contributed by atoms with Gasteiger partial charge in [0.15, 0.2) is 17.5 Å². The van der Waals surface area contributed by atoms with Gasteiger partial charge in [-0.25, -0.2) is 15.0 Å². The predicted octanol–water partition coefficient (Wildman–Crippen LogP) is 16.0. The maximum absolute atomic E-state index is 6.60. The summed E-state index contributed by atoms with van der Waals surface area (Å²) in [5, 5.41) is 4.01. The molecule has 0 saturated heterocycles. The van der Waals surface area contributed by atoms with Gasteiger partial charge in [-0.3, -0.25) is 0 Å². The number of fused-ring (bicyclic) bond motifs is 9. The quantitative estimate of drug-likeness (QED) is 0.167. The van der Waals surface area contributed by atoms with Crippen molar-refractivity contribution in [1.82, 2.24) is 15.0 Å². The van der Waals surface area contributed by atoms with E-state index in [-0.39, 0.29) is 5.41 Å². The number of para-hydroxylation sites is 1. The van der Waals surface area contributed by atoms with Gasteiger partial charge in [-0.2, -0.15) is 0 Å². The van der Waals surface area contributed by atoms with Crippen LogP contribution in [0, 0.1) is 0 Å². The van der Waals surface area contributed by atoms with Gasteiger partial charge >= 0.3 is 0 Å². The lowest BCUT2D eigenvalue weighted by Gasteiger charge is -2.24. The summed E-state index contributed by atoms with van der Waals surface area (Å²) in [5.41, 5.74) is 18.0. The maximum Gasteiger partial charge on any atom is 0.164 e. The number of furan rings is 2. The Labute approximate surface area is 375 Å². The minimum Gasteiger partial charge on any atom is -0.456 e. The van der Waals surface area contributed by atoms with Gasteiger partial charge in [0, 0.05) is 43.7 Å². The molecule has 1 aliphatic rings. The molecule has 0 aliphatic heterocycles. The monoisotopic (exact) mass is 833 g/mol. The molecule has 0 saturated carbocycles. The smallest absolute Gasteiger partial charge is 0.164 e. The van der Waals surface area contributed by atoms with E-state index in [1.54, 1.807) is 0 Å². The molecule has 0 amide bonds. The number of hydrogen-bond acceptors (Lipinski definition) is 5. The summed E-state index contributed by atoms with van der Waals surface area (Å²) >= 11 is 0. The van der Waals surface area contributed by atoms with Crippen LogP contribution in [-0.2, 0) is 5.41 Å². The Balaban J connectivity index is 0.968. The zero-order valence-electron chi connectivity index (χ0n) is 35.7. The van der Waals surface area contributed by atoms with Crippen LogP contribution < -0.4 is 0 Å². The van der Waals surface area contributed by atoms with E-state index in [9.17, 15) is 0 Å². The standard InChI is InChI=1S/C60H39N3O2/c1-60(2)50-25-8-6-20-44(50)46-23-12-22-43(56(46)60)40-18-10-17-38(32-40)39-28-30-53-49(34-39)55-47(24-13-27-54(55)65-53)59-62-57(41-19-11-16-37(33-41)36-14-4-3-5-15-36)61-58(63-59)42-29-31-52-48(35-42)45-21-7-9-26-51(45)64-52/h3-35H,1-2H3. The highest BCUT2D eigenvalue weighted by atomic mass is 16.3. The van der Waals surface area contributed by atoms with Gasteiger partial charge in [0.05, 0.1) is 0 Å². The number of aromatic nitrogens is 3. The van der Waals surface area contributed by atoms with E-state index in [0.29, 0.717) is 17.5 Å². The van der Waals surface area contributed by atoms with Crippen LogP contribution >= 0.6 is 0 Å². The summed E-state index contributed by atoms with van der Waals surface area (Å²) < 4.78 is 12.8. The molecule has 0 spiro atoms. The number of hydrogen-bond donors (Lipinski definition) is 0. The zero-order chi connectivity index (χ0) is 43.2. The van der Waals surface area contributed by atoms with E-state index in [4.69, 9.17) is 23.8 Å². The highest BCUT2D eigenvalue weighted by Crippen LogP contribution is 2.52. The average molecular weight is 834 g/mol. The third-order valence-corrected chi connectivity index (χ3v) is 13.3. The highest BCUT2D eigenvalue weighted by Gasteiger charge is 2.37. The van der Waals surface area contributed by atoms with E-state index in [1.165, 1.54) is 33.4 Å². The first-order valence-corrected chi connectivity index (χ1v) is 22.1. The number of rotatable bonds is 6. The fourth-order valence-electron chi connectivity index (χ4n) is 10.2. The van der Waals surface area contributed by atoms with E-state index in [1.807, 2.05) is 48.5 Å². The molecule has 13 rings (SSSR count). The molecule has 306 valence electrons. The molecular weight excluding hydrogens is 795 g/mol. The van der Waals surface area contributed by atoms with Crippen LogP contribution in [0.3, 0.4) is 0 Å². The molecule has 0 fully saturated rings. The van der Waals surface area contributed by atoms with Crippen molar-refractivity contribution in [1.29, 1.82) is 0 Å². The average Bonchev–Trinajstić information content (AvgIpc) is 4.01. The second kappa shape index (κ2) is 14.3. The lowest BCUT2D eigenvalue weighted by atomic mass is 9.78. The van der Waals surface area contributed by atoms with Crippen LogP contribution in [-0.4, -0.2) is 15.0 Å². The normalized spacial score (nSPS) is 12.9. The van der Waals surface area contributed by atoms with Crippen LogP contribution in [0.5, 0.6) is 0 Å². The fraction of sp³-hybridized carbons (Fsp3) is 0.0500. The van der Waals surface area contributed by atoms with Crippen molar-refractivity contribution in [2.75, 3.05) is 0 Å². The SMILES string of the molecule is CC1(C)c2ccccc2-c2cccc(-c3cccc(-c4ccc5oc6cccc(-c7nc(-c8cccc(-c9ccccc9)c8)nc(-c8ccc9oc%10ccccc%10c9c8)n7)c6c5c4)c3)c21. The Hall–Kier alpha value is -8.41. The predicted molar refractivity (Wildman–Crippen MR) is 265 cm³/mol. The summed E-state index contributed by atoms with van der Waals surface area (Å²) in [6.07, 6.45) is 0. The molecule has 3 heterocycles. The van der Waals surface area contributed by atoms with Crippen molar-refractivity contribution in [3.63, 3.8) is 0 Å². The second-order valence-electron chi connectivity index (χ2n) is 17.5. The van der Waals surface area contributed by atoms with Gasteiger partial charge in [0.1, 0.15) is 22.3 Å². The minimum atomic E-state index is -0.122. The topological polar surface area (TPSA) is 65.0 Å². The van der Waals surface area contributed by atoms with Gasteiger partial charge in [0.25, 0.3) is 0 Å². The van der Waals surface area contributed by atoms with Gasteiger partial charge in [0.2, 0.25) is 0 Å². The van der Waals surface area contributed by atoms with Crippen molar-refractivity contribution in [3.8, 4) is 78.7 Å². The van der Waals surface area contributed by atoms with Crippen molar-refractivity contribution < 1.29 is 8.83 Å². The van der Waals surface area contributed by atoms with Crippen molar-refractivity contribution in [2.45, 2.75) is 19.3 Å². The van der Waals surface area contributed by atoms with Crippen LogP contribution in [0.4, 0.5) is 0 Å². The third-order valence-electron chi connectivity index (χ3n) is 13.3. The Kier molecular flexibility index (Phi) is 8.18. The maximum atomic E-state index is 6.60. The molecule has 1 aliphatic carbocycles. The van der Waals surface area contributed by atoms with E-state index < -0.39 is 0 Å². The lowest BCUT2D eigenvalue weighted by Crippen LogP contribution is -2.16. The number of benzene rings is 9. The fourth-order valence-corrected chi connectivity index (χ4v) is 10.2. The van der Waals surface area contributed by atoms with Crippen LogP contribution in [0.2, 0.25) is 0 Å². The summed E-state index contributed by atoms with van der Waals surface area (Å²) in [5.74, 6) is 1.72. The molecule has 0 bridgehead atoms. The molecule has 0 radical (unpaired) electrons. The Morgan fingerprint density at radius 3 is 1.69 bits per heavy atom. The van der Waals surface area contributed by atoms with Gasteiger partial charge in [-0.1, -0.05) is 159 Å². The first kappa shape index (κ1) is 37.2. The summed E-state index contributed by atoms with van der Waals surface area (Å²) in [6.45, 7) is 4.70. The number of nitrogens with zero attached hydrogens (tertiary/aromatic N) is 3. The minimum absolute atomic E-state index is 0.122. The molecule has 0 N–H and O–H groups in total. The Morgan fingerprint density at radius 2 is 0.831 bits per heavy atom. The van der Waals surface area contributed by atoms with Crippen molar-refractivity contribution >= 4 is 43.9 Å². The van der Waals surface area contributed by atoms with Gasteiger partial charge in [-0.15, -0.1) is 0 Å².